The van der Waals surface area contributed by atoms with Gasteiger partial charge in [-0.05, 0) is 36.5 Å². The molecular formula is C10H15BrO2. The van der Waals surface area contributed by atoms with Crippen LogP contribution in [-0.2, 0) is 4.79 Å². The number of carbonyl (C=O) groups is 1. The molecule has 3 heteroatoms. The van der Waals surface area contributed by atoms with Crippen LogP contribution in [0.15, 0.2) is 0 Å². The topological polar surface area (TPSA) is 37.3 Å². The van der Waals surface area contributed by atoms with Crippen molar-refractivity contribution in [3.63, 3.8) is 0 Å². The Hall–Kier alpha value is -0.0500. The highest BCUT2D eigenvalue weighted by atomic mass is 79.9. The number of rotatable bonds is 2. The van der Waals surface area contributed by atoms with E-state index in [1.807, 2.05) is 0 Å². The Kier molecular flexibility index (Phi) is 2.17. The van der Waals surface area contributed by atoms with Gasteiger partial charge in [-0.1, -0.05) is 22.9 Å². The minimum atomic E-state index is -0.599. The molecule has 4 unspecified atom stereocenters. The summed E-state index contributed by atoms with van der Waals surface area (Å²) in [4.78, 5) is 11.0. The summed E-state index contributed by atoms with van der Waals surface area (Å²) in [7, 11) is 0. The molecule has 0 aromatic heterocycles. The highest BCUT2D eigenvalue weighted by Gasteiger charge is 2.61. The van der Waals surface area contributed by atoms with E-state index in [0.29, 0.717) is 11.3 Å². The van der Waals surface area contributed by atoms with Crippen molar-refractivity contribution >= 4 is 21.9 Å². The largest absolute Gasteiger partial charge is 0.481 e. The van der Waals surface area contributed by atoms with Gasteiger partial charge in [0.05, 0.1) is 5.92 Å². The molecule has 0 aromatic carbocycles. The van der Waals surface area contributed by atoms with Gasteiger partial charge in [0.1, 0.15) is 0 Å². The number of hydrogen-bond donors (Lipinski definition) is 1. The van der Waals surface area contributed by atoms with Gasteiger partial charge in [-0.2, -0.15) is 0 Å². The smallest absolute Gasteiger partial charge is 0.306 e. The van der Waals surface area contributed by atoms with E-state index < -0.39 is 5.97 Å². The van der Waals surface area contributed by atoms with Gasteiger partial charge in [0.15, 0.2) is 0 Å². The molecule has 2 rings (SSSR count). The van der Waals surface area contributed by atoms with Crippen LogP contribution in [0.4, 0.5) is 0 Å². The van der Waals surface area contributed by atoms with Crippen LogP contribution in [0.3, 0.4) is 0 Å². The lowest BCUT2D eigenvalue weighted by Gasteiger charge is -2.32. The third-order valence-corrected chi connectivity index (χ3v) is 5.23. The molecule has 0 aliphatic heterocycles. The van der Waals surface area contributed by atoms with Gasteiger partial charge >= 0.3 is 5.97 Å². The predicted octanol–water partition coefficient (Wildman–Crippen LogP) is 2.52. The molecule has 0 saturated heterocycles. The fraction of sp³-hybridized carbons (Fsp3) is 0.900. The first kappa shape index (κ1) is 9.50. The summed E-state index contributed by atoms with van der Waals surface area (Å²) in [6, 6.07) is 0. The minimum absolute atomic E-state index is 0.101. The number of fused-ring (bicyclic) bond motifs is 1. The maximum atomic E-state index is 11.0. The van der Waals surface area contributed by atoms with E-state index in [9.17, 15) is 4.79 Å². The second-order valence-electron chi connectivity index (χ2n) is 4.58. The molecule has 1 N–H and O–H groups in total. The second kappa shape index (κ2) is 2.97. The van der Waals surface area contributed by atoms with Crippen molar-refractivity contribution in [2.45, 2.75) is 26.2 Å². The van der Waals surface area contributed by atoms with Gasteiger partial charge in [-0.3, -0.25) is 4.79 Å². The van der Waals surface area contributed by atoms with Gasteiger partial charge in [0, 0.05) is 5.33 Å². The molecule has 0 spiro atoms. The summed E-state index contributed by atoms with van der Waals surface area (Å²) in [6.45, 7) is 2.11. The van der Waals surface area contributed by atoms with Gasteiger partial charge in [-0.25, -0.2) is 0 Å². The molecule has 0 heterocycles. The van der Waals surface area contributed by atoms with Crippen molar-refractivity contribution in [1.82, 2.24) is 0 Å². The first-order chi connectivity index (χ1) is 6.12. The van der Waals surface area contributed by atoms with Crippen molar-refractivity contribution in [2.75, 3.05) is 5.33 Å². The van der Waals surface area contributed by atoms with E-state index in [-0.39, 0.29) is 5.92 Å². The number of hydrogen-bond acceptors (Lipinski definition) is 1. The van der Waals surface area contributed by atoms with E-state index in [2.05, 4.69) is 22.9 Å². The van der Waals surface area contributed by atoms with E-state index in [1.165, 1.54) is 6.42 Å². The van der Waals surface area contributed by atoms with Crippen molar-refractivity contribution in [3.05, 3.63) is 0 Å². The Morgan fingerprint density at radius 2 is 2.31 bits per heavy atom. The van der Waals surface area contributed by atoms with Crippen LogP contribution < -0.4 is 0 Å². The maximum Gasteiger partial charge on any atom is 0.306 e. The van der Waals surface area contributed by atoms with Crippen LogP contribution in [0.5, 0.6) is 0 Å². The molecular weight excluding hydrogens is 232 g/mol. The molecule has 74 valence electrons. The maximum absolute atomic E-state index is 11.0. The lowest BCUT2D eigenvalue weighted by molar-refractivity contribution is -0.145. The average Bonchev–Trinajstić information content (AvgIpc) is 2.80. The Bertz CT molecular complexity index is 241. The summed E-state index contributed by atoms with van der Waals surface area (Å²) in [5.41, 5.74) is 0.335. The fourth-order valence-electron chi connectivity index (χ4n) is 3.00. The van der Waals surface area contributed by atoms with Gasteiger partial charge in [0.25, 0.3) is 0 Å². The third-order valence-electron chi connectivity index (χ3n) is 4.18. The number of carboxylic acids is 1. The van der Waals surface area contributed by atoms with Gasteiger partial charge < -0.3 is 5.11 Å². The zero-order chi connectivity index (χ0) is 9.64. The number of alkyl halides is 1. The third kappa shape index (κ3) is 1.24. The number of aliphatic carboxylic acids is 1. The summed E-state index contributed by atoms with van der Waals surface area (Å²) in [5, 5.41) is 10.0. The van der Waals surface area contributed by atoms with Gasteiger partial charge in [0.2, 0.25) is 0 Å². The molecule has 2 saturated carbocycles. The van der Waals surface area contributed by atoms with Crippen LogP contribution in [0.1, 0.15) is 26.2 Å². The number of carboxylic acid groups (broad SMARTS) is 1. The minimum Gasteiger partial charge on any atom is -0.481 e. The standard InChI is InChI=1S/C10H15BrO2/c1-6-8(9(12)13)3-2-7-4-10(6,7)5-11/h6-8H,2-5H2,1H3,(H,12,13). The molecule has 2 fully saturated rings. The Balaban J connectivity index is 2.15. The van der Waals surface area contributed by atoms with Crippen molar-refractivity contribution in [3.8, 4) is 0 Å². The van der Waals surface area contributed by atoms with Crippen LogP contribution in [0, 0.1) is 23.2 Å². The van der Waals surface area contributed by atoms with Crippen LogP contribution >= 0.6 is 15.9 Å². The van der Waals surface area contributed by atoms with Gasteiger partial charge in [-0.15, -0.1) is 0 Å². The SMILES string of the molecule is CC1C(C(=O)O)CCC2CC21CBr. The molecule has 4 atom stereocenters. The molecule has 0 bridgehead atoms. The molecule has 0 aromatic rings. The van der Waals surface area contributed by atoms with Crippen LogP contribution in [-0.4, -0.2) is 16.4 Å². The van der Waals surface area contributed by atoms with Crippen molar-refractivity contribution in [2.24, 2.45) is 23.2 Å². The first-order valence-electron chi connectivity index (χ1n) is 4.90. The normalized spacial score (nSPS) is 48.3. The number of halogens is 1. The van der Waals surface area contributed by atoms with Crippen molar-refractivity contribution < 1.29 is 9.90 Å². The first-order valence-corrected chi connectivity index (χ1v) is 6.03. The highest BCUT2D eigenvalue weighted by Crippen LogP contribution is 2.66. The molecule has 0 amide bonds. The van der Waals surface area contributed by atoms with Crippen LogP contribution in [0.2, 0.25) is 0 Å². The summed E-state index contributed by atoms with van der Waals surface area (Å²) < 4.78 is 0. The Labute approximate surface area is 86.8 Å². The van der Waals surface area contributed by atoms with E-state index in [1.54, 1.807) is 0 Å². The average molecular weight is 247 g/mol. The van der Waals surface area contributed by atoms with E-state index in [4.69, 9.17) is 5.11 Å². The quantitative estimate of drug-likeness (QED) is 0.761. The van der Waals surface area contributed by atoms with E-state index >= 15 is 0 Å². The Morgan fingerprint density at radius 3 is 2.85 bits per heavy atom. The zero-order valence-corrected chi connectivity index (χ0v) is 9.38. The lowest BCUT2D eigenvalue weighted by Crippen LogP contribution is -2.34. The van der Waals surface area contributed by atoms with Crippen LogP contribution in [0.25, 0.3) is 0 Å². The molecule has 2 nitrogen and oxygen atoms in total. The highest BCUT2D eigenvalue weighted by molar-refractivity contribution is 9.09. The zero-order valence-electron chi connectivity index (χ0n) is 7.79. The fourth-order valence-corrected chi connectivity index (χ4v) is 4.20. The Morgan fingerprint density at radius 1 is 1.62 bits per heavy atom. The lowest BCUT2D eigenvalue weighted by atomic mass is 9.73. The van der Waals surface area contributed by atoms with Crippen molar-refractivity contribution in [1.29, 1.82) is 0 Å². The second-order valence-corrected chi connectivity index (χ2v) is 5.14. The predicted molar refractivity (Wildman–Crippen MR) is 53.9 cm³/mol. The molecule has 2 aliphatic rings. The summed E-state index contributed by atoms with van der Waals surface area (Å²) in [6.07, 6.45) is 3.24. The summed E-state index contributed by atoms with van der Waals surface area (Å²) >= 11 is 3.53. The monoisotopic (exact) mass is 246 g/mol. The molecule has 0 radical (unpaired) electrons. The summed E-state index contributed by atoms with van der Waals surface area (Å²) in [5.74, 6) is 0.454. The molecule has 13 heavy (non-hydrogen) atoms. The van der Waals surface area contributed by atoms with E-state index in [0.717, 1.165) is 24.1 Å². The molecule has 2 aliphatic carbocycles.